The van der Waals surface area contributed by atoms with Crippen molar-refractivity contribution in [2.45, 2.75) is 32.2 Å². The van der Waals surface area contributed by atoms with Crippen molar-refractivity contribution in [1.29, 1.82) is 0 Å². The summed E-state index contributed by atoms with van der Waals surface area (Å²) in [6, 6.07) is 9.49. The number of rotatable bonds is 7. The van der Waals surface area contributed by atoms with Crippen LogP contribution in [-0.2, 0) is 13.0 Å². The second kappa shape index (κ2) is 9.01. The molecule has 1 aromatic heterocycles. The molecule has 7 nitrogen and oxygen atoms in total. The van der Waals surface area contributed by atoms with Crippen LogP contribution in [0.2, 0.25) is 0 Å². The highest BCUT2D eigenvalue weighted by molar-refractivity contribution is 6.06. The summed E-state index contributed by atoms with van der Waals surface area (Å²) >= 11 is 0. The Morgan fingerprint density at radius 2 is 1.89 bits per heavy atom. The molecule has 7 heteroatoms. The fraction of sp³-hybridized carbons (Fsp3) is 0.476. The van der Waals surface area contributed by atoms with E-state index in [9.17, 15) is 9.59 Å². The number of benzene rings is 1. The summed E-state index contributed by atoms with van der Waals surface area (Å²) in [4.78, 5) is 34.0. The molecule has 2 aromatic rings. The molecule has 1 aliphatic heterocycles. The fourth-order valence-corrected chi connectivity index (χ4v) is 3.49. The molecule has 0 radical (unpaired) electrons. The Morgan fingerprint density at radius 3 is 2.61 bits per heavy atom. The molecule has 2 amide bonds. The first-order valence-corrected chi connectivity index (χ1v) is 9.84. The number of carbonyl (C=O) groups excluding carboxylic acids is 2. The molecule has 3 rings (SSSR count). The number of nitrogens with one attached hydrogen (secondary N) is 1. The minimum absolute atomic E-state index is 0.177. The Bertz CT molecular complexity index is 829. The smallest absolute Gasteiger partial charge is 0.287 e. The maximum absolute atomic E-state index is 13.1. The van der Waals surface area contributed by atoms with E-state index >= 15 is 0 Å². The first kappa shape index (κ1) is 20.1. The average molecular weight is 383 g/mol. The van der Waals surface area contributed by atoms with Gasteiger partial charge >= 0.3 is 0 Å². The van der Waals surface area contributed by atoms with Gasteiger partial charge in [-0.1, -0.05) is 18.2 Å². The van der Waals surface area contributed by atoms with Crippen LogP contribution >= 0.6 is 0 Å². The van der Waals surface area contributed by atoms with Gasteiger partial charge in [0.25, 0.3) is 11.8 Å². The lowest BCUT2D eigenvalue weighted by Crippen LogP contribution is -2.30. The summed E-state index contributed by atoms with van der Waals surface area (Å²) in [5, 5.41) is 2.94. The molecule has 0 spiro atoms. The van der Waals surface area contributed by atoms with E-state index in [1.165, 1.54) is 0 Å². The van der Waals surface area contributed by atoms with Gasteiger partial charge in [0, 0.05) is 25.8 Å². The number of amides is 2. The third-order valence-electron chi connectivity index (χ3n) is 5.04. The van der Waals surface area contributed by atoms with Crippen molar-refractivity contribution in [2.75, 3.05) is 39.1 Å². The van der Waals surface area contributed by atoms with E-state index in [-0.39, 0.29) is 11.8 Å². The number of imidazole rings is 1. The standard InChI is InChI=1S/C21H29N5O2/c1-24(2)14-9-13-22-20(27)19-23-18(17-12-7-8-15-26(17)19)21(28)25(3)16-10-5-4-6-11-16/h4-6,10-11H,7-9,12-15H2,1-3H3,(H,22,27). The molecule has 0 saturated carbocycles. The van der Waals surface area contributed by atoms with Gasteiger partial charge in [-0.25, -0.2) is 4.98 Å². The molecule has 0 atom stereocenters. The zero-order valence-electron chi connectivity index (χ0n) is 16.9. The second-order valence-electron chi connectivity index (χ2n) is 7.45. The molecule has 0 unspecified atom stereocenters. The van der Waals surface area contributed by atoms with Crippen molar-refractivity contribution in [3.63, 3.8) is 0 Å². The lowest BCUT2D eigenvalue weighted by molar-refractivity contribution is 0.0936. The number of aromatic nitrogens is 2. The lowest BCUT2D eigenvalue weighted by atomic mass is 10.1. The minimum Gasteiger partial charge on any atom is -0.349 e. The number of anilines is 1. The van der Waals surface area contributed by atoms with Gasteiger partial charge in [-0.05, 0) is 58.5 Å². The van der Waals surface area contributed by atoms with E-state index in [2.05, 4.69) is 15.2 Å². The van der Waals surface area contributed by atoms with Gasteiger partial charge in [-0.2, -0.15) is 0 Å². The van der Waals surface area contributed by atoms with Crippen molar-refractivity contribution in [3.8, 4) is 0 Å². The molecule has 1 aliphatic rings. The molecule has 1 aromatic carbocycles. The number of carbonyl (C=O) groups is 2. The van der Waals surface area contributed by atoms with Gasteiger partial charge in [-0.3, -0.25) is 9.59 Å². The van der Waals surface area contributed by atoms with Crippen LogP contribution in [0.5, 0.6) is 0 Å². The highest BCUT2D eigenvalue weighted by Crippen LogP contribution is 2.23. The molecule has 2 heterocycles. The van der Waals surface area contributed by atoms with E-state index in [1.807, 2.05) is 49.0 Å². The van der Waals surface area contributed by atoms with Crippen molar-refractivity contribution in [2.24, 2.45) is 0 Å². The van der Waals surface area contributed by atoms with E-state index in [0.29, 0.717) is 18.1 Å². The topological polar surface area (TPSA) is 70.5 Å². The fourth-order valence-electron chi connectivity index (χ4n) is 3.49. The Morgan fingerprint density at radius 1 is 1.14 bits per heavy atom. The molecular formula is C21H29N5O2. The van der Waals surface area contributed by atoms with E-state index < -0.39 is 0 Å². The number of hydrogen-bond donors (Lipinski definition) is 1. The van der Waals surface area contributed by atoms with Gasteiger partial charge < -0.3 is 19.7 Å². The van der Waals surface area contributed by atoms with Crippen molar-refractivity contribution in [3.05, 3.63) is 47.5 Å². The molecule has 150 valence electrons. The van der Waals surface area contributed by atoms with Crippen molar-refractivity contribution in [1.82, 2.24) is 19.8 Å². The molecule has 0 aliphatic carbocycles. The molecule has 28 heavy (non-hydrogen) atoms. The predicted molar refractivity (Wildman–Crippen MR) is 110 cm³/mol. The van der Waals surface area contributed by atoms with Gasteiger partial charge in [0.05, 0.1) is 5.69 Å². The Hall–Kier alpha value is -2.67. The Balaban J connectivity index is 1.81. The summed E-state index contributed by atoms with van der Waals surface area (Å²) in [7, 11) is 5.76. The highest BCUT2D eigenvalue weighted by Gasteiger charge is 2.29. The molecule has 1 N–H and O–H groups in total. The van der Waals surface area contributed by atoms with Crippen LogP contribution in [-0.4, -0.2) is 60.5 Å². The summed E-state index contributed by atoms with van der Waals surface area (Å²) in [5.41, 5.74) is 2.07. The summed E-state index contributed by atoms with van der Waals surface area (Å²) in [6.07, 6.45) is 3.64. The number of para-hydroxylation sites is 1. The van der Waals surface area contributed by atoms with Crippen LogP contribution in [0, 0.1) is 0 Å². The van der Waals surface area contributed by atoms with Crippen LogP contribution in [0.1, 0.15) is 46.1 Å². The third kappa shape index (κ3) is 4.42. The highest BCUT2D eigenvalue weighted by atomic mass is 16.2. The minimum atomic E-state index is -0.205. The van der Waals surface area contributed by atoms with Gasteiger partial charge in [0.2, 0.25) is 0 Å². The summed E-state index contributed by atoms with van der Waals surface area (Å²) in [6.45, 7) is 2.23. The Labute approximate surface area is 166 Å². The first-order chi connectivity index (χ1) is 13.5. The molecular weight excluding hydrogens is 354 g/mol. The predicted octanol–water partition coefficient (Wildman–Crippen LogP) is 2.18. The van der Waals surface area contributed by atoms with Crippen molar-refractivity contribution >= 4 is 17.5 Å². The number of fused-ring (bicyclic) bond motifs is 1. The van der Waals surface area contributed by atoms with Gasteiger partial charge in [0.15, 0.2) is 11.5 Å². The molecule has 0 saturated heterocycles. The third-order valence-corrected chi connectivity index (χ3v) is 5.04. The van der Waals surface area contributed by atoms with Crippen LogP contribution in [0.4, 0.5) is 5.69 Å². The SMILES string of the molecule is CN(C)CCCNC(=O)c1nc(C(=O)N(C)c2ccccc2)c2n1CCCC2. The van der Waals surface area contributed by atoms with E-state index in [0.717, 1.165) is 50.2 Å². The second-order valence-corrected chi connectivity index (χ2v) is 7.45. The molecule has 0 fully saturated rings. The normalized spacial score (nSPS) is 13.3. The largest absolute Gasteiger partial charge is 0.349 e. The van der Waals surface area contributed by atoms with Crippen LogP contribution < -0.4 is 10.2 Å². The van der Waals surface area contributed by atoms with E-state index in [4.69, 9.17) is 0 Å². The number of nitrogens with zero attached hydrogens (tertiary/aromatic N) is 4. The maximum Gasteiger partial charge on any atom is 0.287 e. The van der Waals surface area contributed by atoms with Gasteiger partial charge in [-0.15, -0.1) is 0 Å². The lowest BCUT2D eigenvalue weighted by Gasteiger charge is -2.19. The van der Waals surface area contributed by atoms with Crippen molar-refractivity contribution < 1.29 is 9.59 Å². The summed E-state index contributed by atoms with van der Waals surface area (Å²) < 4.78 is 1.93. The molecule has 0 bridgehead atoms. The van der Waals surface area contributed by atoms with E-state index in [1.54, 1.807) is 11.9 Å². The first-order valence-electron chi connectivity index (χ1n) is 9.84. The summed E-state index contributed by atoms with van der Waals surface area (Å²) in [5.74, 6) is -0.0313. The number of hydrogen-bond acceptors (Lipinski definition) is 4. The van der Waals surface area contributed by atoms with Gasteiger partial charge in [0.1, 0.15) is 0 Å². The monoisotopic (exact) mass is 383 g/mol. The average Bonchev–Trinajstić information content (AvgIpc) is 3.10. The Kier molecular flexibility index (Phi) is 6.46. The van der Waals surface area contributed by atoms with Crippen LogP contribution in [0.25, 0.3) is 0 Å². The van der Waals surface area contributed by atoms with Crippen LogP contribution in [0.3, 0.4) is 0 Å². The zero-order chi connectivity index (χ0) is 20.1. The van der Waals surface area contributed by atoms with Crippen LogP contribution in [0.15, 0.2) is 30.3 Å². The maximum atomic E-state index is 13.1. The zero-order valence-corrected chi connectivity index (χ0v) is 16.9. The quantitative estimate of drug-likeness (QED) is 0.744.